The van der Waals surface area contributed by atoms with Gasteiger partial charge in [-0.25, -0.2) is 13.9 Å². The van der Waals surface area contributed by atoms with E-state index in [4.69, 9.17) is 5.11 Å². The van der Waals surface area contributed by atoms with Crippen molar-refractivity contribution in [2.75, 3.05) is 13.7 Å². The number of rotatable bonds is 5. The van der Waals surface area contributed by atoms with Crippen molar-refractivity contribution in [3.8, 4) is 5.69 Å². The molecule has 1 aromatic carbocycles. The highest BCUT2D eigenvalue weighted by Gasteiger charge is 2.18. The smallest absolute Gasteiger partial charge is 0.317 e. The van der Waals surface area contributed by atoms with Crippen molar-refractivity contribution in [3.63, 3.8) is 0 Å². The number of halogens is 1. The fourth-order valence-electron chi connectivity index (χ4n) is 2.22. The third-order valence-corrected chi connectivity index (χ3v) is 4.02. The summed E-state index contributed by atoms with van der Waals surface area (Å²) in [6.45, 7) is 5.29. The quantitative estimate of drug-likeness (QED) is 0.882. The van der Waals surface area contributed by atoms with Crippen molar-refractivity contribution in [1.29, 1.82) is 0 Å². The fraction of sp³-hybridized carbons (Fsp3) is 0.412. The Bertz CT molecular complexity index is 716. The standard InChI is InChI=1S/C17H23FN4O2/c1-11-8-19-22(9-11)16-6-5-14(7-15(16)18)13(3)20-17(24)21(4)12(2)10-23/h5-9,12-13,23H,10H2,1-4H3,(H,20,24). The molecule has 0 aliphatic heterocycles. The lowest BCUT2D eigenvalue weighted by molar-refractivity contribution is 0.155. The van der Waals surface area contributed by atoms with Gasteiger partial charge in [-0.2, -0.15) is 5.10 Å². The maximum atomic E-state index is 14.4. The summed E-state index contributed by atoms with van der Waals surface area (Å²) < 4.78 is 15.8. The number of benzene rings is 1. The molecule has 0 saturated carbocycles. The summed E-state index contributed by atoms with van der Waals surface area (Å²) in [6.07, 6.45) is 3.41. The van der Waals surface area contributed by atoms with E-state index in [9.17, 15) is 9.18 Å². The molecule has 0 aliphatic carbocycles. The summed E-state index contributed by atoms with van der Waals surface area (Å²) in [6, 6.07) is 3.81. The number of hydrogen-bond acceptors (Lipinski definition) is 3. The molecule has 2 unspecified atom stereocenters. The van der Waals surface area contributed by atoms with Gasteiger partial charge < -0.3 is 15.3 Å². The number of amides is 2. The number of aliphatic hydroxyl groups is 1. The minimum Gasteiger partial charge on any atom is -0.394 e. The van der Waals surface area contributed by atoms with E-state index in [1.165, 1.54) is 15.6 Å². The molecule has 0 fully saturated rings. The number of urea groups is 1. The molecule has 130 valence electrons. The van der Waals surface area contributed by atoms with E-state index >= 15 is 0 Å². The summed E-state index contributed by atoms with van der Waals surface area (Å²) in [5.74, 6) is -0.409. The average molecular weight is 334 g/mol. The number of nitrogens with zero attached hydrogens (tertiary/aromatic N) is 3. The van der Waals surface area contributed by atoms with E-state index in [2.05, 4.69) is 10.4 Å². The van der Waals surface area contributed by atoms with Crippen molar-refractivity contribution in [3.05, 3.63) is 47.5 Å². The number of aryl methyl sites for hydroxylation is 1. The molecule has 0 radical (unpaired) electrons. The van der Waals surface area contributed by atoms with Gasteiger partial charge in [-0.05, 0) is 44.0 Å². The van der Waals surface area contributed by atoms with Crippen LogP contribution in [0.15, 0.2) is 30.6 Å². The van der Waals surface area contributed by atoms with Gasteiger partial charge in [0.15, 0.2) is 0 Å². The van der Waals surface area contributed by atoms with Crippen LogP contribution in [0.3, 0.4) is 0 Å². The predicted molar refractivity (Wildman–Crippen MR) is 89.5 cm³/mol. The largest absolute Gasteiger partial charge is 0.394 e. The van der Waals surface area contributed by atoms with Crippen molar-refractivity contribution in [1.82, 2.24) is 20.0 Å². The number of aromatic nitrogens is 2. The summed E-state index contributed by atoms with van der Waals surface area (Å²) in [7, 11) is 1.60. The second-order valence-electron chi connectivity index (χ2n) is 5.99. The molecule has 6 nitrogen and oxygen atoms in total. The molecule has 0 spiro atoms. The van der Waals surface area contributed by atoms with Crippen molar-refractivity contribution < 1.29 is 14.3 Å². The summed E-state index contributed by atoms with van der Waals surface area (Å²) >= 11 is 0. The maximum absolute atomic E-state index is 14.4. The van der Waals surface area contributed by atoms with Crippen LogP contribution in [0.1, 0.15) is 31.0 Å². The SMILES string of the molecule is Cc1cnn(-c2ccc(C(C)NC(=O)N(C)C(C)CO)cc2F)c1. The number of aliphatic hydroxyl groups excluding tert-OH is 1. The monoisotopic (exact) mass is 334 g/mol. The van der Waals surface area contributed by atoms with E-state index in [1.807, 2.05) is 6.92 Å². The second-order valence-corrected chi connectivity index (χ2v) is 5.99. The summed E-state index contributed by atoms with van der Waals surface area (Å²) in [5.41, 5.74) is 1.95. The van der Waals surface area contributed by atoms with Crippen LogP contribution in [-0.4, -0.2) is 45.5 Å². The van der Waals surface area contributed by atoms with E-state index in [1.54, 1.807) is 45.4 Å². The molecule has 1 aromatic heterocycles. The molecule has 2 atom stereocenters. The molecule has 2 amide bonds. The van der Waals surface area contributed by atoms with Crippen molar-refractivity contribution in [2.45, 2.75) is 32.9 Å². The van der Waals surface area contributed by atoms with Crippen LogP contribution >= 0.6 is 0 Å². The topological polar surface area (TPSA) is 70.4 Å². The first-order chi connectivity index (χ1) is 11.3. The van der Waals surface area contributed by atoms with E-state index in [-0.39, 0.29) is 24.7 Å². The van der Waals surface area contributed by atoms with Crippen LogP contribution in [0.2, 0.25) is 0 Å². The van der Waals surface area contributed by atoms with Crippen molar-refractivity contribution in [2.24, 2.45) is 0 Å². The predicted octanol–water partition coefficient (Wildman–Crippen LogP) is 2.40. The molecule has 2 N–H and O–H groups in total. The Morgan fingerprint density at radius 3 is 2.71 bits per heavy atom. The molecule has 2 aromatic rings. The lowest BCUT2D eigenvalue weighted by Crippen LogP contribution is -2.44. The van der Waals surface area contributed by atoms with E-state index in [0.717, 1.165) is 5.56 Å². The number of hydrogen-bond donors (Lipinski definition) is 2. The first-order valence-electron chi connectivity index (χ1n) is 7.78. The van der Waals surface area contributed by atoms with E-state index < -0.39 is 5.82 Å². The number of carbonyl (C=O) groups excluding carboxylic acids is 1. The highest BCUT2D eigenvalue weighted by molar-refractivity contribution is 5.74. The molecular formula is C17H23FN4O2. The third-order valence-electron chi connectivity index (χ3n) is 4.02. The van der Waals surface area contributed by atoms with Gasteiger partial charge in [0.1, 0.15) is 11.5 Å². The first-order valence-corrected chi connectivity index (χ1v) is 7.78. The Morgan fingerprint density at radius 2 is 2.17 bits per heavy atom. The Hall–Kier alpha value is -2.41. The van der Waals surface area contributed by atoms with Gasteiger partial charge in [-0.15, -0.1) is 0 Å². The average Bonchev–Trinajstić information content (AvgIpc) is 2.99. The molecule has 7 heteroatoms. The van der Waals surface area contributed by atoms with Gasteiger partial charge in [0.2, 0.25) is 0 Å². The first kappa shape index (κ1) is 17.9. The molecule has 1 heterocycles. The zero-order valence-corrected chi connectivity index (χ0v) is 14.3. The lowest BCUT2D eigenvalue weighted by atomic mass is 10.1. The van der Waals surface area contributed by atoms with Crippen LogP contribution in [-0.2, 0) is 0 Å². The Labute approximate surface area is 140 Å². The summed E-state index contributed by atoms with van der Waals surface area (Å²) in [5, 5.41) is 16.0. The molecule has 0 saturated heterocycles. The molecule has 24 heavy (non-hydrogen) atoms. The van der Waals surface area contributed by atoms with Crippen LogP contribution in [0.5, 0.6) is 0 Å². The van der Waals surface area contributed by atoms with Gasteiger partial charge in [-0.3, -0.25) is 0 Å². The maximum Gasteiger partial charge on any atom is 0.317 e. The Morgan fingerprint density at radius 1 is 1.46 bits per heavy atom. The van der Waals surface area contributed by atoms with Gasteiger partial charge in [-0.1, -0.05) is 6.07 Å². The molecule has 0 aliphatic rings. The van der Waals surface area contributed by atoms with Gasteiger partial charge in [0, 0.05) is 13.2 Å². The number of likely N-dealkylation sites (N-methyl/N-ethyl adjacent to an activating group) is 1. The number of carbonyl (C=O) groups is 1. The zero-order valence-electron chi connectivity index (χ0n) is 14.3. The van der Waals surface area contributed by atoms with Gasteiger partial charge >= 0.3 is 6.03 Å². The fourth-order valence-corrected chi connectivity index (χ4v) is 2.22. The zero-order chi connectivity index (χ0) is 17.9. The van der Waals surface area contributed by atoms with Gasteiger partial charge in [0.25, 0.3) is 0 Å². The molecule has 0 bridgehead atoms. The minimum atomic E-state index is -0.409. The number of nitrogens with one attached hydrogen (secondary N) is 1. The highest BCUT2D eigenvalue weighted by atomic mass is 19.1. The lowest BCUT2D eigenvalue weighted by Gasteiger charge is -2.26. The molecular weight excluding hydrogens is 311 g/mol. The molecule has 2 rings (SSSR count). The second kappa shape index (κ2) is 7.44. The third kappa shape index (κ3) is 3.91. The minimum absolute atomic E-state index is 0.120. The van der Waals surface area contributed by atoms with Gasteiger partial charge in [0.05, 0.1) is 24.9 Å². The Balaban J connectivity index is 2.12. The van der Waals surface area contributed by atoms with Crippen LogP contribution < -0.4 is 5.32 Å². The van der Waals surface area contributed by atoms with E-state index in [0.29, 0.717) is 11.3 Å². The Kier molecular flexibility index (Phi) is 5.56. The van der Waals surface area contributed by atoms with Crippen LogP contribution in [0, 0.1) is 12.7 Å². The highest BCUT2D eigenvalue weighted by Crippen LogP contribution is 2.20. The normalized spacial score (nSPS) is 13.4. The van der Waals surface area contributed by atoms with Crippen molar-refractivity contribution >= 4 is 6.03 Å². The van der Waals surface area contributed by atoms with Crippen LogP contribution in [0.25, 0.3) is 5.69 Å². The van der Waals surface area contributed by atoms with Crippen LogP contribution in [0.4, 0.5) is 9.18 Å². The summed E-state index contributed by atoms with van der Waals surface area (Å²) in [4.78, 5) is 13.5.